The maximum Gasteiger partial charge on any atom is 0.226 e. The molecule has 102 valence electrons. The molecule has 1 aromatic carbocycles. The molecule has 0 aliphatic heterocycles. The van der Waals surface area contributed by atoms with Gasteiger partial charge in [0.1, 0.15) is 12.1 Å². The predicted octanol–water partition coefficient (Wildman–Crippen LogP) is 2.12. The lowest BCUT2D eigenvalue weighted by molar-refractivity contribution is 0.295. The van der Waals surface area contributed by atoms with E-state index < -0.39 is 0 Å². The SMILES string of the molecule is OCCc1nccn1Cc1coc(-c2ccccc2)n1. The Morgan fingerprint density at radius 3 is 2.85 bits per heavy atom. The highest BCUT2D eigenvalue weighted by molar-refractivity contribution is 5.52. The quantitative estimate of drug-likeness (QED) is 0.770. The molecule has 0 bridgehead atoms. The van der Waals surface area contributed by atoms with Crippen LogP contribution < -0.4 is 0 Å². The molecule has 0 radical (unpaired) electrons. The van der Waals surface area contributed by atoms with Crippen LogP contribution in [0.5, 0.6) is 0 Å². The zero-order valence-corrected chi connectivity index (χ0v) is 10.9. The first-order chi connectivity index (χ1) is 9.86. The van der Waals surface area contributed by atoms with Gasteiger partial charge in [-0.1, -0.05) is 18.2 Å². The molecule has 0 spiro atoms. The van der Waals surface area contributed by atoms with Crippen LogP contribution in [0.15, 0.2) is 53.4 Å². The zero-order chi connectivity index (χ0) is 13.8. The van der Waals surface area contributed by atoms with Gasteiger partial charge in [0.15, 0.2) is 0 Å². The van der Waals surface area contributed by atoms with Gasteiger partial charge in [0.2, 0.25) is 5.89 Å². The molecule has 0 unspecified atom stereocenters. The second-order valence-corrected chi connectivity index (χ2v) is 4.45. The van der Waals surface area contributed by atoms with E-state index in [9.17, 15) is 0 Å². The molecule has 2 aromatic heterocycles. The number of benzene rings is 1. The summed E-state index contributed by atoms with van der Waals surface area (Å²) in [6.07, 6.45) is 5.80. The summed E-state index contributed by atoms with van der Waals surface area (Å²) in [5.41, 5.74) is 1.79. The lowest BCUT2D eigenvalue weighted by Crippen LogP contribution is -2.06. The second kappa shape index (κ2) is 5.71. The van der Waals surface area contributed by atoms with Crippen LogP contribution in [-0.2, 0) is 13.0 Å². The van der Waals surface area contributed by atoms with Crippen molar-refractivity contribution in [3.8, 4) is 11.5 Å². The van der Waals surface area contributed by atoms with Gasteiger partial charge in [-0.3, -0.25) is 0 Å². The Hall–Kier alpha value is -2.40. The standard InChI is InChI=1S/C15H15N3O2/c19-9-6-14-16-7-8-18(14)10-13-11-20-15(17-13)12-4-2-1-3-5-12/h1-5,7-8,11,19H,6,9-10H2. The van der Waals surface area contributed by atoms with Crippen LogP contribution in [-0.4, -0.2) is 26.2 Å². The van der Waals surface area contributed by atoms with Crippen molar-refractivity contribution < 1.29 is 9.52 Å². The van der Waals surface area contributed by atoms with Crippen molar-refractivity contribution in [2.45, 2.75) is 13.0 Å². The summed E-state index contributed by atoms with van der Waals surface area (Å²) in [7, 11) is 0. The van der Waals surface area contributed by atoms with Crippen molar-refractivity contribution in [1.29, 1.82) is 0 Å². The summed E-state index contributed by atoms with van der Waals surface area (Å²) in [6.45, 7) is 0.677. The minimum atomic E-state index is 0.0884. The van der Waals surface area contributed by atoms with E-state index in [4.69, 9.17) is 9.52 Å². The number of hydrogen-bond donors (Lipinski definition) is 1. The van der Waals surface area contributed by atoms with Gasteiger partial charge in [-0.25, -0.2) is 9.97 Å². The van der Waals surface area contributed by atoms with Gasteiger partial charge in [-0.05, 0) is 12.1 Å². The molecular formula is C15H15N3O2. The number of hydrogen-bond acceptors (Lipinski definition) is 4. The maximum absolute atomic E-state index is 8.99. The first-order valence-corrected chi connectivity index (χ1v) is 6.47. The third kappa shape index (κ3) is 2.62. The topological polar surface area (TPSA) is 64.1 Å². The van der Waals surface area contributed by atoms with Crippen LogP contribution in [0.4, 0.5) is 0 Å². The van der Waals surface area contributed by atoms with E-state index in [1.807, 2.05) is 41.1 Å². The molecule has 0 saturated heterocycles. The summed E-state index contributed by atoms with van der Waals surface area (Å²) in [5.74, 6) is 1.46. The van der Waals surface area contributed by atoms with E-state index in [1.54, 1.807) is 12.5 Å². The monoisotopic (exact) mass is 269 g/mol. The van der Waals surface area contributed by atoms with Gasteiger partial charge in [0.25, 0.3) is 0 Å². The van der Waals surface area contributed by atoms with Crippen LogP contribution >= 0.6 is 0 Å². The largest absolute Gasteiger partial charge is 0.444 e. The average molecular weight is 269 g/mol. The van der Waals surface area contributed by atoms with Gasteiger partial charge in [-0.2, -0.15) is 0 Å². The molecule has 2 heterocycles. The van der Waals surface area contributed by atoms with Crippen molar-refractivity contribution in [2.24, 2.45) is 0 Å². The lowest BCUT2D eigenvalue weighted by atomic mass is 10.2. The number of oxazole rings is 1. The first-order valence-electron chi connectivity index (χ1n) is 6.47. The molecule has 3 rings (SSSR count). The summed E-state index contributed by atoms with van der Waals surface area (Å²) in [6, 6.07) is 9.79. The van der Waals surface area contributed by atoms with Gasteiger partial charge < -0.3 is 14.1 Å². The fourth-order valence-electron chi connectivity index (χ4n) is 2.08. The highest BCUT2D eigenvalue weighted by Gasteiger charge is 2.08. The van der Waals surface area contributed by atoms with Crippen LogP contribution in [0, 0.1) is 0 Å². The molecule has 0 saturated carbocycles. The van der Waals surface area contributed by atoms with Gasteiger partial charge in [0, 0.05) is 24.4 Å². The fourth-order valence-corrected chi connectivity index (χ4v) is 2.08. The Morgan fingerprint density at radius 2 is 2.05 bits per heavy atom. The van der Waals surface area contributed by atoms with E-state index in [0.717, 1.165) is 17.1 Å². The van der Waals surface area contributed by atoms with Crippen molar-refractivity contribution in [2.75, 3.05) is 6.61 Å². The van der Waals surface area contributed by atoms with E-state index >= 15 is 0 Å². The molecule has 5 heteroatoms. The minimum Gasteiger partial charge on any atom is -0.444 e. The summed E-state index contributed by atoms with van der Waals surface area (Å²) in [5, 5.41) is 8.99. The maximum atomic E-state index is 8.99. The molecule has 5 nitrogen and oxygen atoms in total. The van der Waals surface area contributed by atoms with E-state index in [2.05, 4.69) is 9.97 Å². The third-order valence-corrected chi connectivity index (χ3v) is 3.04. The van der Waals surface area contributed by atoms with Crippen LogP contribution in [0.3, 0.4) is 0 Å². The van der Waals surface area contributed by atoms with Crippen LogP contribution in [0.1, 0.15) is 11.5 Å². The van der Waals surface area contributed by atoms with Gasteiger partial charge in [0.05, 0.1) is 18.8 Å². The third-order valence-electron chi connectivity index (χ3n) is 3.04. The molecule has 1 N–H and O–H groups in total. The van der Waals surface area contributed by atoms with E-state index in [-0.39, 0.29) is 6.61 Å². The normalized spacial score (nSPS) is 10.8. The van der Waals surface area contributed by atoms with Crippen molar-refractivity contribution >= 4 is 0 Å². The molecule has 3 aromatic rings. The number of aliphatic hydroxyl groups is 1. The molecule has 20 heavy (non-hydrogen) atoms. The van der Waals surface area contributed by atoms with Crippen molar-refractivity contribution in [1.82, 2.24) is 14.5 Å². The fraction of sp³-hybridized carbons (Fsp3) is 0.200. The molecule has 0 aliphatic rings. The highest BCUT2D eigenvalue weighted by atomic mass is 16.3. The molecule has 0 aliphatic carbocycles. The number of aromatic nitrogens is 3. The molecule has 0 fully saturated rings. The number of aliphatic hydroxyl groups excluding tert-OH is 1. The Labute approximate surface area is 116 Å². The minimum absolute atomic E-state index is 0.0884. The number of nitrogens with zero attached hydrogens (tertiary/aromatic N) is 3. The number of imidazole rings is 1. The Kier molecular flexibility index (Phi) is 3.60. The van der Waals surface area contributed by atoms with Crippen LogP contribution in [0.25, 0.3) is 11.5 Å². The lowest BCUT2D eigenvalue weighted by Gasteiger charge is -2.03. The summed E-state index contributed by atoms with van der Waals surface area (Å²) < 4.78 is 7.47. The highest BCUT2D eigenvalue weighted by Crippen LogP contribution is 2.18. The van der Waals surface area contributed by atoms with Gasteiger partial charge in [-0.15, -0.1) is 0 Å². The van der Waals surface area contributed by atoms with Crippen molar-refractivity contribution in [3.05, 3.63) is 60.5 Å². The van der Waals surface area contributed by atoms with Crippen molar-refractivity contribution in [3.63, 3.8) is 0 Å². The Bertz CT molecular complexity index is 673. The zero-order valence-electron chi connectivity index (χ0n) is 10.9. The van der Waals surface area contributed by atoms with E-state index in [0.29, 0.717) is 18.9 Å². The second-order valence-electron chi connectivity index (χ2n) is 4.45. The Morgan fingerprint density at radius 1 is 1.20 bits per heavy atom. The van der Waals surface area contributed by atoms with Crippen LogP contribution in [0.2, 0.25) is 0 Å². The smallest absolute Gasteiger partial charge is 0.226 e. The number of rotatable bonds is 5. The van der Waals surface area contributed by atoms with E-state index in [1.165, 1.54) is 0 Å². The first kappa shape index (κ1) is 12.6. The van der Waals surface area contributed by atoms with Gasteiger partial charge >= 0.3 is 0 Å². The summed E-state index contributed by atoms with van der Waals surface area (Å²) in [4.78, 5) is 8.69. The molecule has 0 atom stereocenters. The predicted molar refractivity (Wildman–Crippen MR) is 74.1 cm³/mol. The average Bonchev–Trinajstić information content (AvgIpc) is 3.11. The Balaban J connectivity index is 1.79. The summed E-state index contributed by atoms with van der Waals surface area (Å²) >= 11 is 0. The molecular weight excluding hydrogens is 254 g/mol. The molecule has 0 amide bonds.